The molecule has 0 atom stereocenters. The Kier molecular flexibility index (Phi) is 11.1. The number of nitrogens with zero attached hydrogens (tertiary/aromatic N) is 8. The standard InChI is InChI=1S/C25H27N5O.C24H25N5O/c1-3-29-11-6-19-14-18(4-5-24(19)29)22-15-21(16-23-25(22)27-10-9-26-23)28-20-7-12-30(13-8-20)17(2)31;1-16(30)29-11-6-19(7-12-29)27-20-14-21(24-22(15-20)25-8-9-26-24)17-3-4-23-18(13-17)5-10-28(23)2/h4-6,9-11,14-16,20,28H,3,7-8,12-13H2,1-2H3;3-5,8-10,13-15,19,27H,6-7,11-12H2,1-2H3. The summed E-state index contributed by atoms with van der Waals surface area (Å²) >= 11 is 0. The van der Waals surface area contributed by atoms with Crippen molar-refractivity contribution < 1.29 is 9.59 Å². The number of fused-ring (bicyclic) bond motifs is 4. The Labute approximate surface area is 355 Å². The molecule has 61 heavy (non-hydrogen) atoms. The smallest absolute Gasteiger partial charge is 0.219 e. The Morgan fingerprint density at radius 3 is 1.54 bits per heavy atom. The fraction of sp³-hybridized carbons (Fsp3) is 0.306. The number of aromatic nitrogens is 6. The van der Waals surface area contributed by atoms with Crippen molar-refractivity contribution in [3.05, 3.63) is 110 Å². The molecule has 0 unspecified atom stereocenters. The highest BCUT2D eigenvalue weighted by Crippen LogP contribution is 2.35. The van der Waals surface area contributed by atoms with Gasteiger partial charge in [-0.05, 0) is 104 Å². The van der Waals surface area contributed by atoms with Gasteiger partial charge in [0.1, 0.15) is 0 Å². The molecule has 2 fully saturated rings. The summed E-state index contributed by atoms with van der Waals surface area (Å²) < 4.78 is 4.38. The first-order chi connectivity index (χ1) is 29.7. The van der Waals surface area contributed by atoms with Crippen LogP contribution in [0.25, 0.3) is 66.1 Å². The number of carbonyl (C=O) groups excluding carboxylic acids is 2. The summed E-state index contributed by atoms with van der Waals surface area (Å²) in [5.41, 5.74) is 12.6. The molecule has 0 bridgehead atoms. The van der Waals surface area contributed by atoms with Crippen LogP contribution in [-0.4, -0.2) is 88.9 Å². The third-order valence-electron chi connectivity index (χ3n) is 12.4. The average Bonchev–Trinajstić information content (AvgIpc) is 3.88. The molecule has 12 nitrogen and oxygen atoms in total. The maximum absolute atomic E-state index is 11.6. The number of carbonyl (C=O) groups is 2. The predicted octanol–water partition coefficient (Wildman–Crippen LogP) is 8.91. The molecule has 2 N–H and O–H groups in total. The zero-order valence-electron chi connectivity index (χ0n) is 35.3. The maximum Gasteiger partial charge on any atom is 0.219 e. The van der Waals surface area contributed by atoms with E-state index >= 15 is 0 Å². The summed E-state index contributed by atoms with van der Waals surface area (Å²) in [5, 5.41) is 9.80. The van der Waals surface area contributed by atoms with Gasteiger partial charge in [-0.2, -0.15) is 0 Å². The zero-order valence-corrected chi connectivity index (χ0v) is 35.3. The SMILES string of the molecule is CC(=O)N1CCC(Nc2cc(-c3ccc4c(ccn4C)c3)c3nccnc3c2)CC1.CCn1ccc2cc(-c3cc(NC4CCN(C(C)=O)CC4)cc4nccnc34)ccc21. The largest absolute Gasteiger partial charge is 0.382 e. The van der Waals surface area contributed by atoms with Crippen molar-refractivity contribution in [1.82, 2.24) is 38.9 Å². The van der Waals surface area contributed by atoms with Gasteiger partial charge in [-0.1, -0.05) is 12.1 Å². The van der Waals surface area contributed by atoms with Crippen molar-refractivity contribution in [2.75, 3.05) is 36.8 Å². The molecule has 2 saturated heterocycles. The molecule has 0 spiro atoms. The normalized spacial score (nSPS) is 15.0. The molecule has 10 rings (SSSR count). The van der Waals surface area contributed by atoms with Crippen molar-refractivity contribution in [2.45, 2.75) is 65.1 Å². The van der Waals surface area contributed by atoms with Gasteiger partial charge in [0.2, 0.25) is 11.8 Å². The van der Waals surface area contributed by atoms with E-state index in [1.54, 1.807) is 38.6 Å². The summed E-state index contributed by atoms with van der Waals surface area (Å²) in [6, 6.07) is 26.6. The molecule has 4 aromatic heterocycles. The van der Waals surface area contributed by atoms with Gasteiger partial charge < -0.3 is 29.6 Å². The van der Waals surface area contributed by atoms with Gasteiger partial charge in [-0.25, -0.2) is 0 Å². The Hall–Kier alpha value is -6.82. The quantitative estimate of drug-likeness (QED) is 0.164. The second-order valence-electron chi connectivity index (χ2n) is 16.3. The fourth-order valence-corrected chi connectivity index (χ4v) is 9.00. The number of amides is 2. The van der Waals surface area contributed by atoms with E-state index in [0.717, 1.165) is 114 Å². The lowest BCUT2D eigenvalue weighted by atomic mass is 10.00. The second-order valence-corrected chi connectivity index (χ2v) is 16.3. The molecule has 12 heteroatoms. The number of likely N-dealkylation sites (tertiary alicyclic amines) is 2. The van der Waals surface area contributed by atoms with Crippen molar-refractivity contribution in [1.29, 1.82) is 0 Å². The lowest BCUT2D eigenvalue weighted by Crippen LogP contribution is -2.41. The molecule has 2 amide bonds. The number of anilines is 2. The maximum atomic E-state index is 11.6. The lowest BCUT2D eigenvalue weighted by Gasteiger charge is -2.32. The van der Waals surface area contributed by atoms with Crippen LogP contribution < -0.4 is 10.6 Å². The van der Waals surface area contributed by atoms with Crippen LogP contribution in [0, 0.1) is 0 Å². The van der Waals surface area contributed by atoms with Crippen LogP contribution in [0.15, 0.2) is 110 Å². The van der Waals surface area contributed by atoms with E-state index in [1.165, 1.54) is 21.8 Å². The van der Waals surface area contributed by atoms with E-state index in [4.69, 9.17) is 0 Å². The van der Waals surface area contributed by atoms with Crippen molar-refractivity contribution >= 4 is 67.1 Å². The van der Waals surface area contributed by atoms with Gasteiger partial charge >= 0.3 is 0 Å². The van der Waals surface area contributed by atoms with Crippen molar-refractivity contribution in [3.63, 3.8) is 0 Å². The Bertz CT molecular complexity index is 2880. The molecule has 0 aliphatic carbocycles. The summed E-state index contributed by atoms with van der Waals surface area (Å²) in [5.74, 6) is 0.321. The molecule has 6 heterocycles. The summed E-state index contributed by atoms with van der Waals surface area (Å²) in [6.07, 6.45) is 15.0. The van der Waals surface area contributed by atoms with Gasteiger partial charge in [0, 0.05) is 147 Å². The molecule has 0 saturated carbocycles. The first-order valence-corrected chi connectivity index (χ1v) is 21.4. The van der Waals surface area contributed by atoms with Gasteiger partial charge in [-0.15, -0.1) is 0 Å². The molecule has 0 radical (unpaired) electrons. The zero-order chi connectivity index (χ0) is 42.0. The monoisotopic (exact) mass is 812 g/mol. The van der Waals surface area contributed by atoms with Gasteiger partial charge in [0.25, 0.3) is 0 Å². The molecular formula is C49H52N10O2. The minimum absolute atomic E-state index is 0.160. The Morgan fingerprint density at radius 2 is 1.05 bits per heavy atom. The summed E-state index contributed by atoms with van der Waals surface area (Å²) in [6.45, 7) is 9.62. The third-order valence-corrected chi connectivity index (χ3v) is 12.4. The number of hydrogen-bond acceptors (Lipinski definition) is 8. The number of benzene rings is 4. The fourth-order valence-electron chi connectivity index (χ4n) is 9.00. The van der Waals surface area contributed by atoms with E-state index in [0.29, 0.717) is 12.1 Å². The van der Waals surface area contributed by atoms with Crippen LogP contribution in [-0.2, 0) is 23.2 Å². The molecule has 2 aliphatic heterocycles. The van der Waals surface area contributed by atoms with E-state index in [1.807, 2.05) is 9.80 Å². The first-order valence-electron chi connectivity index (χ1n) is 21.4. The third kappa shape index (κ3) is 8.35. The number of rotatable bonds is 7. The van der Waals surface area contributed by atoms with Gasteiger partial charge in [0.15, 0.2) is 0 Å². The number of nitrogens with one attached hydrogen (secondary N) is 2. The molecular weight excluding hydrogens is 761 g/mol. The molecule has 4 aromatic carbocycles. The molecule has 310 valence electrons. The van der Waals surface area contributed by atoms with E-state index < -0.39 is 0 Å². The Balaban J connectivity index is 0.000000156. The van der Waals surface area contributed by atoms with Gasteiger partial charge in [-0.3, -0.25) is 29.5 Å². The topological polar surface area (TPSA) is 126 Å². The number of piperidine rings is 2. The highest BCUT2D eigenvalue weighted by Gasteiger charge is 2.23. The van der Waals surface area contributed by atoms with Crippen LogP contribution in [0.3, 0.4) is 0 Å². The van der Waals surface area contributed by atoms with E-state index in [-0.39, 0.29) is 11.8 Å². The predicted molar refractivity (Wildman–Crippen MR) is 245 cm³/mol. The minimum Gasteiger partial charge on any atom is -0.382 e. The average molecular weight is 813 g/mol. The summed E-state index contributed by atoms with van der Waals surface area (Å²) in [4.78, 5) is 45.5. The van der Waals surface area contributed by atoms with Crippen molar-refractivity contribution in [2.24, 2.45) is 7.05 Å². The van der Waals surface area contributed by atoms with Crippen LogP contribution >= 0.6 is 0 Å². The van der Waals surface area contributed by atoms with Crippen LogP contribution in [0.1, 0.15) is 46.5 Å². The highest BCUT2D eigenvalue weighted by molar-refractivity contribution is 5.98. The van der Waals surface area contributed by atoms with Crippen LogP contribution in [0.5, 0.6) is 0 Å². The second kappa shape index (κ2) is 17.0. The van der Waals surface area contributed by atoms with E-state index in [9.17, 15) is 9.59 Å². The molecule has 2 aliphatic rings. The highest BCUT2D eigenvalue weighted by atomic mass is 16.2. The summed E-state index contributed by atoms with van der Waals surface area (Å²) in [7, 11) is 2.06. The lowest BCUT2D eigenvalue weighted by molar-refractivity contribution is -0.130. The van der Waals surface area contributed by atoms with Gasteiger partial charge in [0.05, 0.1) is 22.1 Å². The van der Waals surface area contributed by atoms with Crippen molar-refractivity contribution in [3.8, 4) is 22.3 Å². The van der Waals surface area contributed by atoms with E-state index in [2.05, 4.69) is 139 Å². The first kappa shape index (κ1) is 39.6. The number of aryl methyl sites for hydroxylation is 2. The molecule has 8 aromatic rings. The van der Waals surface area contributed by atoms with Crippen LogP contribution in [0.2, 0.25) is 0 Å². The number of hydrogen-bond donors (Lipinski definition) is 2. The minimum atomic E-state index is 0.160. The van der Waals surface area contributed by atoms with Crippen LogP contribution in [0.4, 0.5) is 11.4 Å². The Morgan fingerprint density at radius 1 is 0.590 bits per heavy atom.